The second kappa shape index (κ2) is 8.90. The molecule has 0 aliphatic heterocycles. The summed E-state index contributed by atoms with van der Waals surface area (Å²) in [6.45, 7) is 6.40. The first-order valence-corrected chi connectivity index (χ1v) is 7.21. The minimum atomic E-state index is -0.0572. The molecule has 0 N–H and O–H groups in total. The zero-order valence-corrected chi connectivity index (χ0v) is 11.8. The molecule has 0 aromatic heterocycles. The molecular weight excluding hydrogens is 214 g/mol. The highest BCUT2D eigenvalue weighted by molar-refractivity contribution is 4.73. The van der Waals surface area contributed by atoms with Crippen molar-refractivity contribution < 1.29 is 9.47 Å². The molecule has 0 aromatic rings. The van der Waals surface area contributed by atoms with Gasteiger partial charge in [-0.3, -0.25) is 4.90 Å². The molecule has 3 nitrogen and oxygen atoms in total. The monoisotopic (exact) mass is 243 g/mol. The molecule has 1 saturated carbocycles. The molecule has 102 valence electrons. The molecular formula is C14H29NO2. The summed E-state index contributed by atoms with van der Waals surface area (Å²) in [5.74, 6) is 0. The van der Waals surface area contributed by atoms with Gasteiger partial charge in [-0.25, -0.2) is 0 Å². The van der Waals surface area contributed by atoms with Gasteiger partial charge in [-0.1, -0.05) is 25.7 Å². The molecule has 0 atom stereocenters. The molecule has 0 aromatic carbocycles. The van der Waals surface area contributed by atoms with E-state index in [2.05, 4.69) is 11.9 Å². The van der Waals surface area contributed by atoms with E-state index in [1.807, 2.05) is 13.8 Å². The first-order valence-electron chi connectivity index (χ1n) is 7.21. The molecule has 1 aliphatic carbocycles. The van der Waals surface area contributed by atoms with Gasteiger partial charge < -0.3 is 9.47 Å². The number of rotatable bonds is 7. The van der Waals surface area contributed by atoms with Crippen molar-refractivity contribution >= 4 is 0 Å². The van der Waals surface area contributed by atoms with Crippen molar-refractivity contribution in [3.63, 3.8) is 0 Å². The van der Waals surface area contributed by atoms with Gasteiger partial charge >= 0.3 is 0 Å². The fourth-order valence-electron chi connectivity index (χ4n) is 2.61. The first kappa shape index (κ1) is 14.9. The van der Waals surface area contributed by atoms with Crippen LogP contribution in [0.1, 0.15) is 52.4 Å². The summed E-state index contributed by atoms with van der Waals surface area (Å²) in [5, 5.41) is 0. The lowest BCUT2D eigenvalue weighted by molar-refractivity contribution is -0.148. The van der Waals surface area contributed by atoms with Crippen molar-refractivity contribution in [1.82, 2.24) is 4.90 Å². The van der Waals surface area contributed by atoms with Crippen LogP contribution < -0.4 is 0 Å². The van der Waals surface area contributed by atoms with E-state index in [9.17, 15) is 0 Å². The largest absolute Gasteiger partial charge is 0.352 e. The molecule has 17 heavy (non-hydrogen) atoms. The number of nitrogens with zero attached hydrogens (tertiary/aromatic N) is 1. The Morgan fingerprint density at radius 2 is 1.53 bits per heavy atom. The fourth-order valence-corrected chi connectivity index (χ4v) is 2.61. The van der Waals surface area contributed by atoms with E-state index in [4.69, 9.17) is 9.47 Å². The van der Waals surface area contributed by atoms with Crippen molar-refractivity contribution in [1.29, 1.82) is 0 Å². The molecule has 0 bridgehead atoms. The van der Waals surface area contributed by atoms with Crippen LogP contribution in [-0.4, -0.2) is 44.0 Å². The predicted molar refractivity (Wildman–Crippen MR) is 71.2 cm³/mol. The van der Waals surface area contributed by atoms with Gasteiger partial charge in [0, 0.05) is 25.8 Å². The molecule has 0 saturated heterocycles. The van der Waals surface area contributed by atoms with Crippen LogP contribution in [-0.2, 0) is 9.47 Å². The Bertz CT molecular complexity index is 173. The molecule has 1 fully saturated rings. The standard InChI is InChI=1S/C14H29NO2/c1-4-16-14(17-5-2)12-15(3)13-10-8-6-7-9-11-13/h13-14H,4-12H2,1-3H3. The third-order valence-electron chi connectivity index (χ3n) is 3.59. The van der Waals surface area contributed by atoms with E-state index in [0.717, 1.165) is 25.8 Å². The molecule has 0 unspecified atom stereocenters. The minimum absolute atomic E-state index is 0.0572. The number of hydrogen-bond donors (Lipinski definition) is 0. The van der Waals surface area contributed by atoms with Crippen LogP contribution in [0.2, 0.25) is 0 Å². The molecule has 0 amide bonds. The van der Waals surface area contributed by atoms with E-state index in [-0.39, 0.29) is 6.29 Å². The molecule has 0 heterocycles. The van der Waals surface area contributed by atoms with Crippen LogP contribution in [0.25, 0.3) is 0 Å². The maximum absolute atomic E-state index is 5.61. The maximum atomic E-state index is 5.61. The van der Waals surface area contributed by atoms with Crippen LogP contribution in [0.15, 0.2) is 0 Å². The van der Waals surface area contributed by atoms with Crippen LogP contribution in [0, 0.1) is 0 Å². The number of ether oxygens (including phenoxy) is 2. The normalized spacial score (nSPS) is 18.9. The van der Waals surface area contributed by atoms with Crippen LogP contribution >= 0.6 is 0 Å². The Morgan fingerprint density at radius 1 is 1.00 bits per heavy atom. The highest BCUT2D eigenvalue weighted by Crippen LogP contribution is 2.21. The fraction of sp³-hybridized carbons (Fsp3) is 1.00. The van der Waals surface area contributed by atoms with Gasteiger partial charge in [-0.2, -0.15) is 0 Å². The Morgan fingerprint density at radius 3 is 2.00 bits per heavy atom. The SMILES string of the molecule is CCOC(CN(C)C1CCCCCC1)OCC. The van der Waals surface area contributed by atoms with E-state index in [1.165, 1.54) is 38.5 Å². The Kier molecular flexibility index (Phi) is 7.82. The topological polar surface area (TPSA) is 21.7 Å². The quantitative estimate of drug-likeness (QED) is 0.507. The lowest BCUT2D eigenvalue weighted by atomic mass is 10.1. The second-order valence-corrected chi connectivity index (χ2v) is 4.93. The van der Waals surface area contributed by atoms with Crippen molar-refractivity contribution in [3.05, 3.63) is 0 Å². The Hall–Kier alpha value is -0.120. The zero-order valence-electron chi connectivity index (χ0n) is 11.8. The average Bonchev–Trinajstić information content (AvgIpc) is 2.58. The highest BCUT2D eigenvalue weighted by atomic mass is 16.7. The van der Waals surface area contributed by atoms with Gasteiger partial charge in [0.25, 0.3) is 0 Å². The number of likely N-dealkylation sites (N-methyl/N-ethyl adjacent to an activating group) is 1. The smallest absolute Gasteiger partial charge is 0.170 e. The summed E-state index contributed by atoms with van der Waals surface area (Å²) in [4.78, 5) is 2.43. The van der Waals surface area contributed by atoms with Gasteiger partial charge in [-0.05, 0) is 33.7 Å². The van der Waals surface area contributed by atoms with Gasteiger partial charge in [0.15, 0.2) is 6.29 Å². The van der Waals surface area contributed by atoms with Crippen molar-refractivity contribution in [2.75, 3.05) is 26.8 Å². The second-order valence-electron chi connectivity index (χ2n) is 4.93. The highest BCUT2D eigenvalue weighted by Gasteiger charge is 2.20. The molecule has 0 spiro atoms. The lowest BCUT2D eigenvalue weighted by Crippen LogP contribution is -2.39. The summed E-state index contributed by atoms with van der Waals surface area (Å²) >= 11 is 0. The van der Waals surface area contributed by atoms with Crippen molar-refractivity contribution in [3.8, 4) is 0 Å². The first-order chi connectivity index (χ1) is 8.27. The molecule has 0 radical (unpaired) electrons. The number of hydrogen-bond acceptors (Lipinski definition) is 3. The average molecular weight is 243 g/mol. The lowest BCUT2D eigenvalue weighted by Gasteiger charge is -2.30. The summed E-state index contributed by atoms with van der Waals surface area (Å²) in [7, 11) is 2.21. The summed E-state index contributed by atoms with van der Waals surface area (Å²) < 4.78 is 11.2. The third kappa shape index (κ3) is 5.84. The van der Waals surface area contributed by atoms with Gasteiger partial charge in [0.2, 0.25) is 0 Å². The van der Waals surface area contributed by atoms with Crippen LogP contribution in [0.5, 0.6) is 0 Å². The van der Waals surface area contributed by atoms with Gasteiger partial charge in [-0.15, -0.1) is 0 Å². The zero-order chi connectivity index (χ0) is 12.5. The summed E-state index contributed by atoms with van der Waals surface area (Å²) in [6.07, 6.45) is 8.18. The van der Waals surface area contributed by atoms with Crippen LogP contribution in [0.3, 0.4) is 0 Å². The van der Waals surface area contributed by atoms with Gasteiger partial charge in [0.1, 0.15) is 0 Å². The maximum Gasteiger partial charge on any atom is 0.170 e. The van der Waals surface area contributed by atoms with Crippen molar-refractivity contribution in [2.24, 2.45) is 0 Å². The van der Waals surface area contributed by atoms with E-state index >= 15 is 0 Å². The Balaban J connectivity index is 2.35. The predicted octanol–water partition coefficient (Wildman–Crippen LogP) is 3.04. The minimum Gasteiger partial charge on any atom is -0.352 e. The Labute approximate surface area is 106 Å². The van der Waals surface area contributed by atoms with E-state index < -0.39 is 0 Å². The molecule has 3 heteroatoms. The van der Waals surface area contributed by atoms with Crippen molar-refractivity contribution in [2.45, 2.75) is 64.7 Å². The third-order valence-corrected chi connectivity index (χ3v) is 3.59. The summed E-state index contributed by atoms with van der Waals surface area (Å²) in [6, 6.07) is 0.723. The van der Waals surface area contributed by atoms with Gasteiger partial charge in [0.05, 0.1) is 0 Å². The van der Waals surface area contributed by atoms with Crippen LogP contribution in [0.4, 0.5) is 0 Å². The molecule has 1 rings (SSSR count). The summed E-state index contributed by atoms with van der Waals surface area (Å²) in [5.41, 5.74) is 0. The molecule has 1 aliphatic rings. The van der Waals surface area contributed by atoms with E-state index in [0.29, 0.717) is 0 Å². The van der Waals surface area contributed by atoms with E-state index in [1.54, 1.807) is 0 Å².